The van der Waals surface area contributed by atoms with Gasteiger partial charge in [0.25, 0.3) is 0 Å². The van der Waals surface area contributed by atoms with E-state index in [4.69, 9.17) is 0 Å². The van der Waals surface area contributed by atoms with Crippen LogP contribution >= 0.6 is 0 Å². The summed E-state index contributed by atoms with van der Waals surface area (Å²) in [6, 6.07) is 0. The van der Waals surface area contributed by atoms with Crippen molar-refractivity contribution >= 4 is 0 Å². The topological polar surface area (TPSA) is 3.24 Å². The third-order valence-corrected chi connectivity index (χ3v) is 1.16. The second kappa shape index (κ2) is 8.69. The predicted molar refractivity (Wildman–Crippen MR) is 42.1 cm³/mol. The van der Waals surface area contributed by atoms with E-state index in [1.165, 1.54) is 6.42 Å². The molecule has 0 heterocycles. The van der Waals surface area contributed by atoms with Gasteiger partial charge in [0.05, 0.1) is 0 Å². The van der Waals surface area contributed by atoms with Crippen molar-refractivity contribution in [1.29, 1.82) is 0 Å². The van der Waals surface area contributed by atoms with Gasteiger partial charge in [-0.2, -0.15) is 0 Å². The number of nitrogens with zero attached hydrogens (tertiary/aromatic N) is 1. The maximum Gasteiger partial charge on any atom is 1.00 e. The van der Waals surface area contributed by atoms with Crippen LogP contribution in [0.4, 0.5) is 0 Å². The number of rotatable bonds is 4. The molecule has 0 saturated heterocycles. The van der Waals surface area contributed by atoms with Gasteiger partial charge < -0.3 is 4.90 Å². The van der Waals surface area contributed by atoms with Crippen molar-refractivity contribution in [3.8, 4) is 0 Å². The van der Waals surface area contributed by atoms with Crippen LogP contribution in [0.25, 0.3) is 0 Å². The zero-order chi connectivity index (χ0) is 7.28. The number of hydrogen-bond donors (Lipinski definition) is 0. The normalized spacial score (nSPS) is 10.2. The van der Waals surface area contributed by atoms with Crippen molar-refractivity contribution in [3.05, 3.63) is 7.05 Å². The van der Waals surface area contributed by atoms with Gasteiger partial charge in [-0.05, 0) is 25.4 Å². The fourth-order valence-electron chi connectivity index (χ4n) is 0.924. The molecule has 0 aliphatic rings. The fraction of sp³-hybridized carbons (Fsp3) is 0.875. The molecule has 1 nitrogen and oxygen atoms in total. The predicted octanol–water partition coefficient (Wildman–Crippen LogP) is -0.850. The molecule has 0 saturated carbocycles. The van der Waals surface area contributed by atoms with E-state index in [1.54, 1.807) is 0 Å². The smallest absolute Gasteiger partial charge is 0.459 e. The van der Waals surface area contributed by atoms with Crippen LogP contribution in [0.15, 0.2) is 0 Å². The van der Waals surface area contributed by atoms with E-state index in [9.17, 15) is 0 Å². The van der Waals surface area contributed by atoms with Gasteiger partial charge in [-0.3, -0.25) is 7.05 Å². The molecule has 0 bridgehead atoms. The molecule has 0 atom stereocenters. The van der Waals surface area contributed by atoms with Gasteiger partial charge in [0.1, 0.15) is 0 Å². The Morgan fingerprint density at radius 1 is 1.40 bits per heavy atom. The Morgan fingerprint density at radius 3 is 2.20 bits per heavy atom. The van der Waals surface area contributed by atoms with Crippen LogP contribution in [0, 0.1) is 13.0 Å². The molecule has 0 radical (unpaired) electrons. The van der Waals surface area contributed by atoms with Crippen molar-refractivity contribution in [2.75, 3.05) is 13.1 Å². The summed E-state index contributed by atoms with van der Waals surface area (Å²) in [5, 5.41) is 0. The molecule has 0 aromatic heterocycles. The molecular weight excluding hydrogens is 149 g/mol. The van der Waals surface area contributed by atoms with Crippen LogP contribution in [-0.4, -0.2) is 18.0 Å². The van der Waals surface area contributed by atoms with Crippen molar-refractivity contribution < 1.29 is 51.4 Å². The van der Waals surface area contributed by atoms with Gasteiger partial charge in [-0.25, -0.2) is 0 Å². The van der Waals surface area contributed by atoms with Crippen molar-refractivity contribution in [2.24, 2.45) is 5.92 Å². The summed E-state index contributed by atoms with van der Waals surface area (Å²) in [5.74, 6) is 0.744. The second-order valence-electron chi connectivity index (χ2n) is 2.97. The average Bonchev–Trinajstić information content (AvgIpc) is 1.63. The second-order valence-corrected chi connectivity index (χ2v) is 2.97. The molecule has 2 heteroatoms. The van der Waals surface area contributed by atoms with Crippen molar-refractivity contribution in [2.45, 2.75) is 27.2 Å². The summed E-state index contributed by atoms with van der Waals surface area (Å²) in [6.45, 7) is 8.85. The van der Waals surface area contributed by atoms with Crippen LogP contribution in [0.3, 0.4) is 0 Å². The molecule has 0 N–H and O–H groups in total. The Balaban J connectivity index is 0. The van der Waals surface area contributed by atoms with E-state index in [2.05, 4.69) is 32.7 Å². The molecule has 0 aromatic carbocycles. The minimum Gasteiger partial charge on any atom is -0.459 e. The summed E-state index contributed by atoms with van der Waals surface area (Å²) < 4.78 is 0. The summed E-state index contributed by atoms with van der Waals surface area (Å²) in [7, 11) is 3.90. The first kappa shape index (κ1) is 14.1. The molecular formula is C8H18KN. The van der Waals surface area contributed by atoms with Gasteiger partial charge in [-0.1, -0.05) is 20.8 Å². The van der Waals surface area contributed by atoms with E-state index in [-0.39, 0.29) is 51.4 Å². The third kappa shape index (κ3) is 9.60. The molecule has 10 heavy (non-hydrogen) atoms. The van der Waals surface area contributed by atoms with Gasteiger partial charge in [0.2, 0.25) is 0 Å². The molecule has 0 aliphatic carbocycles. The quantitative estimate of drug-likeness (QED) is 0.389. The van der Waals surface area contributed by atoms with Gasteiger partial charge in [-0.15, -0.1) is 0 Å². The van der Waals surface area contributed by atoms with E-state index in [0.717, 1.165) is 19.0 Å². The minimum absolute atomic E-state index is 0. The maximum atomic E-state index is 3.90. The van der Waals surface area contributed by atoms with Gasteiger partial charge in [0.15, 0.2) is 0 Å². The standard InChI is InChI=1S/C8H18N.K/c1-5-6-9(4)7-8(2)3;/h8H,4-7H2,1-3H3;/q-1;+1. The van der Waals surface area contributed by atoms with E-state index < -0.39 is 0 Å². The first-order chi connectivity index (χ1) is 4.16. The summed E-state index contributed by atoms with van der Waals surface area (Å²) in [4.78, 5) is 2.13. The zero-order valence-corrected chi connectivity index (χ0v) is 11.0. The Labute approximate surface area is 108 Å². The van der Waals surface area contributed by atoms with Crippen molar-refractivity contribution in [1.82, 2.24) is 4.90 Å². The van der Waals surface area contributed by atoms with Crippen LogP contribution < -0.4 is 51.4 Å². The molecule has 0 aromatic rings. The van der Waals surface area contributed by atoms with Crippen LogP contribution in [-0.2, 0) is 0 Å². The molecule has 0 fully saturated rings. The molecule has 0 aliphatic heterocycles. The Morgan fingerprint density at radius 2 is 1.90 bits per heavy atom. The largest absolute Gasteiger partial charge is 1.00 e. The summed E-state index contributed by atoms with van der Waals surface area (Å²) in [5.41, 5.74) is 0. The van der Waals surface area contributed by atoms with Crippen molar-refractivity contribution in [3.63, 3.8) is 0 Å². The average molecular weight is 167 g/mol. The first-order valence-electron chi connectivity index (χ1n) is 3.72. The Bertz CT molecular complexity index is 64.3. The zero-order valence-electron chi connectivity index (χ0n) is 7.85. The van der Waals surface area contributed by atoms with Gasteiger partial charge >= 0.3 is 51.4 Å². The van der Waals surface area contributed by atoms with E-state index >= 15 is 0 Å². The monoisotopic (exact) mass is 167 g/mol. The molecule has 0 spiro atoms. The molecule has 0 rings (SSSR count). The van der Waals surface area contributed by atoms with Crippen LogP contribution in [0.5, 0.6) is 0 Å². The molecule has 0 amide bonds. The Hall–Kier alpha value is 1.60. The number of hydrogen-bond acceptors (Lipinski definition) is 1. The first-order valence-corrected chi connectivity index (χ1v) is 3.72. The van der Waals surface area contributed by atoms with E-state index in [0.29, 0.717) is 0 Å². The fourth-order valence-corrected chi connectivity index (χ4v) is 0.924. The molecule has 56 valence electrons. The summed E-state index contributed by atoms with van der Waals surface area (Å²) in [6.07, 6.45) is 1.20. The van der Waals surface area contributed by atoms with E-state index in [1.807, 2.05) is 0 Å². The van der Waals surface area contributed by atoms with Crippen LogP contribution in [0.2, 0.25) is 0 Å². The minimum atomic E-state index is 0. The maximum absolute atomic E-state index is 3.90. The SMILES string of the molecule is [CH2-]N(CCC)CC(C)C.[K+]. The van der Waals surface area contributed by atoms with Crippen LogP contribution in [0.1, 0.15) is 27.2 Å². The molecule has 0 unspecified atom stereocenters. The van der Waals surface area contributed by atoms with Gasteiger partial charge in [0, 0.05) is 0 Å². The Kier molecular flexibility index (Phi) is 12.3. The third-order valence-electron chi connectivity index (χ3n) is 1.16. The summed E-state index contributed by atoms with van der Waals surface area (Å²) >= 11 is 0.